The molecule has 7 nitrogen and oxygen atoms in total. The molecule has 1 N–H and O–H groups in total. The van der Waals surface area contributed by atoms with Crippen LogP contribution in [0.2, 0.25) is 0 Å². The van der Waals surface area contributed by atoms with E-state index in [1.54, 1.807) is 31.4 Å². The molecule has 2 aromatic carbocycles. The normalized spacial score (nSPS) is 15.0. The molecule has 0 radical (unpaired) electrons. The van der Waals surface area contributed by atoms with Crippen molar-refractivity contribution in [3.8, 4) is 11.5 Å². The SMILES string of the molecule is COc1ccc(Nc2cnc(C(=O)N3c4ccccc4CC3C)cn2)c(OC)c1. The van der Waals surface area contributed by atoms with Crippen LogP contribution < -0.4 is 19.7 Å². The van der Waals surface area contributed by atoms with Crippen molar-refractivity contribution in [3.05, 3.63) is 66.1 Å². The van der Waals surface area contributed by atoms with Gasteiger partial charge < -0.3 is 19.7 Å². The number of para-hydroxylation sites is 1. The lowest BCUT2D eigenvalue weighted by molar-refractivity contribution is 0.0976. The second-order valence-electron chi connectivity index (χ2n) is 6.84. The highest BCUT2D eigenvalue weighted by molar-refractivity contribution is 6.06. The minimum atomic E-state index is -0.150. The zero-order valence-corrected chi connectivity index (χ0v) is 16.5. The molecule has 29 heavy (non-hydrogen) atoms. The van der Waals surface area contributed by atoms with Crippen LogP contribution >= 0.6 is 0 Å². The van der Waals surface area contributed by atoms with Gasteiger partial charge in [0.25, 0.3) is 5.91 Å². The second kappa shape index (κ2) is 7.79. The van der Waals surface area contributed by atoms with Crippen LogP contribution in [0.3, 0.4) is 0 Å². The molecular formula is C22H22N4O3. The minimum absolute atomic E-state index is 0.0862. The van der Waals surface area contributed by atoms with Gasteiger partial charge in [-0.15, -0.1) is 0 Å². The van der Waals surface area contributed by atoms with Gasteiger partial charge in [0, 0.05) is 17.8 Å². The summed E-state index contributed by atoms with van der Waals surface area (Å²) in [5.74, 6) is 1.68. The van der Waals surface area contributed by atoms with Crippen LogP contribution in [-0.4, -0.2) is 36.1 Å². The van der Waals surface area contributed by atoms with Crippen LogP contribution in [0.15, 0.2) is 54.9 Å². The Labute approximate surface area is 169 Å². The average Bonchev–Trinajstić information content (AvgIpc) is 3.09. The van der Waals surface area contributed by atoms with Crippen molar-refractivity contribution in [3.63, 3.8) is 0 Å². The fourth-order valence-electron chi connectivity index (χ4n) is 3.54. The number of amides is 1. The summed E-state index contributed by atoms with van der Waals surface area (Å²) < 4.78 is 10.6. The highest BCUT2D eigenvalue weighted by atomic mass is 16.5. The monoisotopic (exact) mass is 390 g/mol. The van der Waals surface area contributed by atoms with Crippen molar-refractivity contribution in [2.45, 2.75) is 19.4 Å². The maximum atomic E-state index is 13.0. The molecule has 0 spiro atoms. The number of anilines is 3. The maximum Gasteiger partial charge on any atom is 0.278 e. The van der Waals surface area contributed by atoms with Crippen LogP contribution in [0, 0.1) is 0 Å². The average molecular weight is 390 g/mol. The number of benzene rings is 2. The van der Waals surface area contributed by atoms with Crippen molar-refractivity contribution in [2.75, 3.05) is 24.4 Å². The fourth-order valence-corrected chi connectivity index (χ4v) is 3.54. The first kappa shape index (κ1) is 18.7. The summed E-state index contributed by atoms with van der Waals surface area (Å²) in [5, 5.41) is 3.16. The van der Waals surface area contributed by atoms with Gasteiger partial charge in [0.05, 0.1) is 32.3 Å². The second-order valence-corrected chi connectivity index (χ2v) is 6.84. The number of nitrogens with zero attached hydrogens (tertiary/aromatic N) is 3. The van der Waals surface area contributed by atoms with E-state index < -0.39 is 0 Å². The van der Waals surface area contributed by atoms with Crippen molar-refractivity contribution < 1.29 is 14.3 Å². The van der Waals surface area contributed by atoms with Crippen LogP contribution in [0.5, 0.6) is 11.5 Å². The number of fused-ring (bicyclic) bond motifs is 1. The molecule has 4 rings (SSSR count). The van der Waals surface area contributed by atoms with E-state index in [4.69, 9.17) is 9.47 Å². The molecule has 0 saturated carbocycles. The number of nitrogens with one attached hydrogen (secondary N) is 1. The molecule has 1 atom stereocenters. The predicted molar refractivity (Wildman–Crippen MR) is 111 cm³/mol. The molecule has 1 aliphatic heterocycles. The minimum Gasteiger partial charge on any atom is -0.497 e. The summed E-state index contributed by atoms with van der Waals surface area (Å²) in [6.45, 7) is 2.04. The number of hydrogen-bond donors (Lipinski definition) is 1. The van der Waals surface area contributed by atoms with Gasteiger partial charge in [0.2, 0.25) is 0 Å². The first-order valence-electron chi connectivity index (χ1n) is 9.33. The van der Waals surface area contributed by atoms with Gasteiger partial charge in [0.15, 0.2) is 0 Å². The number of aromatic nitrogens is 2. The number of carbonyl (C=O) groups is 1. The third-order valence-corrected chi connectivity index (χ3v) is 4.97. The molecule has 1 aliphatic rings. The smallest absolute Gasteiger partial charge is 0.278 e. The molecule has 0 aliphatic carbocycles. The zero-order chi connectivity index (χ0) is 20.4. The van der Waals surface area contributed by atoms with E-state index in [0.29, 0.717) is 23.0 Å². The van der Waals surface area contributed by atoms with E-state index in [9.17, 15) is 4.79 Å². The van der Waals surface area contributed by atoms with Crippen LogP contribution in [0.25, 0.3) is 0 Å². The molecule has 1 amide bonds. The topological polar surface area (TPSA) is 76.6 Å². The van der Waals surface area contributed by atoms with E-state index in [1.165, 1.54) is 11.8 Å². The Bertz CT molecular complexity index is 1040. The Morgan fingerprint density at radius 3 is 2.66 bits per heavy atom. The third-order valence-electron chi connectivity index (χ3n) is 4.97. The van der Waals surface area contributed by atoms with Gasteiger partial charge >= 0.3 is 0 Å². The summed E-state index contributed by atoms with van der Waals surface area (Å²) >= 11 is 0. The van der Waals surface area contributed by atoms with Crippen LogP contribution in [-0.2, 0) is 6.42 Å². The maximum absolute atomic E-state index is 13.0. The van der Waals surface area contributed by atoms with Gasteiger partial charge in [-0.3, -0.25) is 4.79 Å². The molecule has 148 valence electrons. The lowest BCUT2D eigenvalue weighted by Crippen LogP contribution is -2.36. The number of hydrogen-bond acceptors (Lipinski definition) is 6. The standard InChI is InChI=1S/C22H22N4O3/c1-14-10-15-6-4-5-7-19(15)26(14)22(27)18-12-24-21(13-23-18)25-17-9-8-16(28-2)11-20(17)29-3/h4-9,11-14H,10H2,1-3H3,(H,24,25). The molecule has 1 aromatic heterocycles. The summed E-state index contributed by atoms with van der Waals surface area (Å²) in [7, 11) is 3.19. The van der Waals surface area contributed by atoms with Crippen molar-refractivity contribution >= 4 is 23.1 Å². The largest absolute Gasteiger partial charge is 0.497 e. The van der Waals surface area contributed by atoms with Gasteiger partial charge in [-0.1, -0.05) is 18.2 Å². The number of methoxy groups -OCH3 is 2. The van der Waals surface area contributed by atoms with Gasteiger partial charge in [-0.25, -0.2) is 9.97 Å². The highest BCUT2D eigenvalue weighted by Gasteiger charge is 2.31. The first-order valence-corrected chi connectivity index (χ1v) is 9.33. The molecule has 1 unspecified atom stereocenters. The van der Waals surface area contributed by atoms with E-state index >= 15 is 0 Å². The highest BCUT2D eigenvalue weighted by Crippen LogP contribution is 2.33. The molecule has 0 saturated heterocycles. The fraction of sp³-hybridized carbons (Fsp3) is 0.227. The van der Waals surface area contributed by atoms with Crippen LogP contribution in [0.4, 0.5) is 17.2 Å². The molecule has 7 heteroatoms. The predicted octanol–water partition coefficient (Wildman–Crippen LogP) is 3.83. The Hall–Kier alpha value is -3.61. The van der Waals surface area contributed by atoms with Crippen LogP contribution in [0.1, 0.15) is 23.0 Å². The summed E-state index contributed by atoms with van der Waals surface area (Å²) in [6, 6.07) is 13.5. The van der Waals surface area contributed by atoms with Crippen molar-refractivity contribution in [2.24, 2.45) is 0 Å². The Morgan fingerprint density at radius 2 is 1.93 bits per heavy atom. The third kappa shape index (κ3) is 3.59. The molecule has 3 aromatic rings. The molecule has 0 fully saturated rings. The first-order chi connectivity index (χ1) is 14.1. The van der Waals surface area contributed by atoms with E-state index in [0.717, 1.165) is 17.8 Å². The zero-order valence-electron chi connectivity index (χ0n) is 16.5. The van der Waals surface area contributed by atoms with Gasteiger partial charge in [-0.05, 0) is 37.1 Å². The van der Waals surface area contributed by atoms with E-state index in [-0.39, 0.29) is 11.9 Å². The lowest BCUT2D eigenvalue weighted by Gasteiger charge is -2.22. The summed E-state index contributed by atoms with van der Waals surface area (Å²) in [5.41, 5.74) is 3.15. The Morgan fingerprint density at radius 1 is 1.10 bits per heavy atom. The van der Waals surface area contributed by atoms with Crippen molar-refractivity contribution in [1.29, 1.82) is 0 Å². The Kier molecular flexibility index (Phi) is 5.03. The van der Waals surface area contributed by atoms with Gasteiger partial charge in [-0.2, -0.15) is 0 Å². The number of carbonyl (C=O) groups excluding carboxylic acids is 1. The lowest BCUT2D eigenvalue weighted by atomic mass is 10.1. The van der Waals surface area contributed by atoms with E-state index in [1.807, 2.05) is 37.3 Å². The summed E-state index contributed by atoms with van der Waals surface area (Å²) in [4.78, 5) is 23.5. The number of ether oxygens (including phenoxy) is 2. The van der Waals surface area contributed by atoms with E-state index in [2.05, 4.69) is 21.4 Å². The van der Waals surface area contributed by atoms with Crippen molar-refractivity contribution in [1.82, 2.24) is 9.97 Å². The molecule has 2 heterocycles. The molecule has 0 bridgehead atoms. The quantitative estimate of drug-likeness (QED) is 0.714. The Balaban J connectivity index is 1.54. The van der Waals surface area contributed by atoms with Gasteiger partial charge in [0.1, 0.15) is 23.0 Å². The summed E-state index contributed by atoms with van der Waals surface area (Å²) in [6.07, 6.45) is 3.88. The number of rotatable bonds is 5. The molecular weight excluding hydrogens is 368 g/mol.